The molecule has 0 fully saturated rings. The predicted molar refractivity (Wildman–Crippen MR) is 164 cm³/mol. The molecule has 230 valence electrons. The van der Waals surface area contributed by atoms with E-state index in [9.17, 15) is 0 Å². The molecule has 0 aliphatic rings. The maximum Gasteiger partial charge on any atom is 0.171 e. The van der Waals surface area contributed by atoms with Crippen LogP contribution in [0.2, 0.25) is 0 Å². The summed E-state index contributed by atoms with van der Waals surface area (Å²) in [6, 6.07) is 9.08. The number of pyridine rings is 2. The van der Waals surface area contributed by atoms with Crippen LogP contribution in [0.4, 0.5) is 0 Å². The first-order valence-corrected chi connectivity index (χ1v) is 16.8. The molecule has 0 N–H and O–H groups in total. The molecular formula is C36H62Br2N2. The van der Waals surface area contributed by atoms with Crippen molar-refractivity contribution >= 4 is 0 Å². The number of nitrogens with zero attached hydrogens (tertiary/aromatic N) is 2. The largest absolute Gasteiger partial charge is 1.00 e. The Morgan fingerprint density at radius 2 is 0.725 bits per heavy atom. The van der Waals surface area contributed by atoms with Crippen molar-refractivity contribution in [2.75, 3.05) is 0 Å². The van der Waals surface area contributed by atoms with E-state index in [1.54, 1.807) is 0 Å². The molecule has 2 aromatic heterocycles. The second-order valence-corrected chi connectivity index (χ2v) is 11.8. The highest BCUT2D eigenvalue weighted by Gasteiger charge is 2.07. The molecule has 0 aromatic carbocycles. The summed E-state index contributed by atoms with van der Waals surface area (Å²) in [5.41, 5.74) is 2.93. The molecule has 4 heteroatoms. The number of hydrogen-bond donors (Lipinski definition) is 0. The molecule has 0 aliphatic carbocycles. The van der Waals surface area contributed by atoms with Gasteiger partial charge in [0.15, 0.2) is 24.8 Å². The Hall–Kier alpha value is -0.740. The van der Waals surface area contributed by atoms with Crippen molar-refractivity contribution in [3.8, 4) is 0 Å². The lowest BCUT2D eigenvalue weighted by Gasteiger charge is -2.04. The van der Waals surface area contributed by atoms with Crippen molar-refractivity contribution in [3.63, 3.8) is 0 Å². The number of aryl methyl sites for hydroxylation is 4. The molecule has 0 unspecified atom stereocenters. The Kier molecular flexibility index (Phi) is 27.9. The molecule has 0 bridgehead atoms. The van der Waals surface area contributed by atoms with E-state index < -0.39 is 0 Å². The summed E-state index contributed by atoms with van der Waals surface area (Å²) >= 11 is 0. The molecule has 0 atom stereocenters. The maximum atomic E-state index is 2.41. The summed E-state index contributed by atoms with van der Waals surface area (Å²) in [7, 11) is 0. The van der Waals surface area contributed by atoms with Gasteiger partial charge in [-0.2, -0.15) is 0 Å². The molecule has 0 aliphatic heterocycles. The average Bonchev–Trinajstić information content (AvgIpc) is 2.94. The van der Waals surface area contributed by atoms with Crippen molar-refractivity contribution in [2.45, 2.75) is 168 Å². The van der Waals surface area contributed by atoms with Crippen LogP contribution in [0.15, 0.2) is 49.1 Å². The van der Waals surface area contributed by atoms with E-state index in [0.717, 1.165) is 25.9 Å². The van der Waals surface area contributed by atoms with Crippen LogP contribution < -0.4 is 43.1 Å². The lowest BCUT2D eigenvalue weighted by molar-refractivity contribution is -0.698. The molecule has 2 rings (SSSR count). The van der Waals surface area contributed by atoms with Crippen LogP contribution in [-0.4, -0.2) is 0 Å². The minimum atomic E-state index is 0. The Balaban J connectivity index is 0.00000760. The number of halogens is 2. The first kappa shape index (κ1) is 39.3. The minimum absolute atomic E-state index is 0. The molecule has 0 spiro atoms. The molecule has 40 heavy (non-hydrogen) atoms. The molecule has 0 saturated carbocycles. The summed E-state index contributed by atoms with van der Waals surface area (Å²) in [4.78, 5) is 0. The van der Waals surface area contributed by atoms with Gasteiger partial charge in [0.1, 0.15) is 13.1 Å². The van der Waals surface area contributed by atoms with Gasteiger partial charge in [-0.15, -0.1) is 0 Å². The van der Waals surface area contributed by atoms with Gasteiger partial charge in [-0.1, -0.05) is 117 Å². The van der Waals surface area contributed by atoms with Crippen molar-refractivity contribution < 1.29 is 43.1 Å². The van der Waals surface area contributed by atoms with Gasteiger partial charge in [0, 0.05) is 36.1 Å². The SMILES string of the molecule is CCCCCCCCCCCC[n+]1cccc(CCc2ccc[n+](CCCCCCCCCCCC)c2)c1.[Br-].[Br-]. The normalized spacial score (nSPS) is 10.8. The minimum Gasteiger partial charge on any atom is -1.00 e. The number of unbranched alkanes of at least 4 members (excludes halogenated alkanes) is 18. The fourth-order valence-corrected chi connectivity index (χ4v) is 5.58. The maximum absolute atomic E-state index is 2.41. The fraction of sp³-hybridized carbons (Fsp3) is 0.722. The van der Waals surface area contributed by atoms with Gasteiger partial charge in [-0.25, -0.2) is 9.13 Å². The summed E-state index contributed by atoms with van der Waals surface area (Å²) < 4.78 is 4.83. The van der Waals surface area contributed by atoms with E-state index in [1.807, 2.05) is 0 Å². The predicted octanol–water partition coefficient (Wildman–Crippen LogP) is 3.90. The molecule has 0 amide bonds. The lowest BCUT2D eigenvalue weighted by Crippen LogP contribution is -3.00. The number of hydrogen-bond acceptors (Lipinski definition) is 0. The van der Waals surface area contributed by atoms with Crippen LogP contribution in [0.3, 0.4) is 0 Å². The van der Waals surface area contributed by atoms with E-state index >= 15 is 0 Å². The fourth-order valence-electron chi connectivity index (χ4n) is 5.58. The zero-order valence-corrected chi connectivity index (χ0v) is 29.4. The van der Waals surface area contributed by atoms with Crippen molar-refractivity contribution in [1.82, 2.24) is 0 Å². The zero-order chi connectivity index (χ0) is 26.9. The van der Waals surface area contributed by atoms with Gasteiger partial charge < -0.3 is 34.0 Å². The van der Waals surface area contributed by atoms with Crippen LogP contribution >= 0.6 is 0 Å². The van der Waals surface area contributed by atoms with Gasteiger partial charge in [-0.05, 0) is 37.8 Å². The molecular weight excluding hydrogens is 620 g/mol. The van der Waals surface area contributed by atoms with Crippen LogP contribution in [0.1, 0.15) is 153 Å². The van der Waals surface area contributed by atoms with Crippen molar-refractivity contribution in [1.29, 1.82) is 0 Å². The van der Waals surface area contributed by atoms with Gasteiger partial charge >= 0.3 is 0 Å². The van der Waals surface area contributed by atoms with E-state index in [2.05, 4.69) is 72.0 Å². The third-order valence-electron chi connectivity index (χ3n) is 8.08. The van der Waals surface area contributed by atoms with Crippen LogP contribution in [0, 0.1) is 0 Å². The second kappa shape index (κ2) is 28.4. The van der Waals surface area contributed by atoms with Gasteiger partial charge in [0.05, 0.1) is 0 Å². The zero-order valence-electron chi connectivity index (χ0n) is 26.2. The summed E-state index contributed by atoms with van der Waals surface area (Å²) in [5, 5.41) is 0. The van der Waals surface area contributed by atoms with E-state index in [-0.39, 0.29) is 34.0 Å². The Morgan fingerprint density at radius 3 is 1.05 bits per heavy atom. The first-order chi connectivity index (χ1) is 18.8. The number of aromatic nitrogens is 2. The molecule has 2 nitrogen and oxygen atoms in total. The quantitative estimate of drug-likeness (QED) is 0.111. The monoisotopic (exact) mass is 680 g/mol. The Labute approximate surface area is 270 Å². The third-order valence-corrected chi connectivity index (χ3v) is 8.08. The highest BCUT2D eigenvalue weighted by molar-refractivity contribution is 5.11. The molecule has 2 heterocycles. The van der Waals surface area contributed by atoms with Crippen molar-refractivity contribution in [2.24, 2.45) is 0 Å². The molecule has 2 aromatic rings. The highest BCUT2D eigenvalue weighted by atomic mass is 79.9. The van der Waals surface area contributed by atoms with Crippen LogP contribution in [0.25, 0.3) is 0 Å². The standard InChI is InChI=1S/C36H62N2.2BrH/c1-3-5-7-9-11-13-15-17-19-21-29-37-31-23-25-35(33-37)27-28-36-26-24-32-38(34-36)30-22-20-18-16-14-12-10-8-6-4-2;;/h23-26,31-34H,3-22,27-30H2,1-2H3;2*1H/q+2;;/p-2. The van der Waals surface area contributed by atoms with E-state index in [1.165, 1.54) is 140 Å². The Morgan fingerprint density at radius 1 is 0.425 bits per heavy atom. The topological polar surface area (TPSA) is 7.76 Å². The van der Waals surface area contributed by atoms with E-state index in [0.29, 0.717) is 0 Å². The third kappa shape index (κ3) is 21.0. The first-order valence-electron chi connectivity index (χ1n) is 16.8. The lowest BCUT2D eigenvalue weighted by atomic mass is 10.1. The van der Waals surface area contributed by atoms with Gasteiger partial charge in [0.25, 0.3) is 0 Å². The highest BCUT2D eigenvalue weighted by Crippen LogP contribution is 2.12. The summed E-state index contributed by atoms with van der Waals surface area (Å²) in [6.07, 6.45) is 39.6. The summed E-state index contributed by atoms with van der Waals surface area (Å²) in [5.74, 6) is 0. The smallest absolute Gasteiger partial charge is 0.171 e. The van der Waals surface area contributed by atoms with E-state index in [4.69, 9.17) is 0 Å². The Bertz CT molecular complexity index is 743. The van der Waals surface area contributed by atoms with Gasteiger partial charge in [0.2, 0.25) is 0 Å². The molecule has 0 saturated heterocycles. The van der Waals surface area contributed by atoms with Gasteiger partial charge in [-0.3, -0.25) is 0 Å². The van der Waals surface area contributed by atoms with Crippen molar-refractivity contribution in [3.05, 3.63) is 60.2 Å². The molecule has 0 radical (unpaired) electrons. The summed E-state index contributed by atoms with van der Waals surface area (Å²) in [6.45, 7) is 6.92. The van der Waals surface area contributed by atoms with Crippen LogP contribution in [-0.2, 0) is 25.9 Å². The average molecular weight is 683 g/mol. The number of rotatable bonds is 25. The second-order valence-electron chi connectivity index (χ2n) is 11.8. The van der Waals surface area contributed by atoms with Crippen LogP contribution in [0.5, 0.6) is 0 Å².